The van der Waals surface area contributed by atoms with E-state index in [2.05, 4.69) is 4.90 Å². The lowest BCUT2D eigenvalue weighted by Gasteiger charge is -2.35. The Kier molecular flexibility index (Phi) is 5.87. The number of benzene rings is 1. The van der Waals surface area contributed by atoms with E-state index in [0.29, 0.717) is 19.6 Å². The Morgan fingerprint density at radius 1 is 1.21 bits per heavy atom. The van der Waals surface area contributed by atoms with Crippen LogP contribution < -0.4 is 4.74 Å². The number of furan rings is 1. The van der Waals surface area contributed by atoms with Gasteiger partial charge in [-0.1, -0.05) is 6.92 Å². The van der Waals surface area contributed by atoms with Gasteiger partial charge in [-0.3, -0.25) is 9.69 Å². The quantitative estimate of drug-likeness (QED) is 0.827. The zero-order chi connectivity index (χ0) is 19.5. The molecule has 6 heteroatoms. The fourth-order valence-electron chi connectivity index (χ4n) is 4.17. The SMILES string of the molecule is CCC(O)CN1CCN(C(=O)COc2ccc3oc4c(c3c2)CCCC4)CC1. The fourth-order valence-corrected chi connectivity index (χ4v) is 4.17. The minimum Gasteiger partial charge on any atom is -0.484 e. The van der Waals surface area contributed by atoms with Crippen molar-refractivity contribution < 1.29 is 19.1 Å². The van der Waals surface area contributed by atoms with Crippen LogP contribution in [-0.4, -0.2) is 66.2 Å². The van der Waals surface area contributed by atoms with Gasteiger partial charge < -0.3 is 19.2 Å². The molecule has 4 rings (SSSR count). The van der Waals surface area contributed by atoms with E-state index in [1.807, 2.05) is 30.0 Å². The first-order chi connectivity index (χ1) is 13.6. The molecule has 1 fully saturated rings. The van der Waals surface area contributed by atoms with Gasteiger partial charge in [-0.25, -0.2) is 0 Å². The van der Waals surface area contributed by atoms with Gasteiger partial charge in [0.05, 0.1) is 6.10 Å². The second-order valence-electron chi connectivity index (χ2n) is 7.90. The Balaban J connectivity index is 1.31. The van der Waals surface area contributed by atoms with Crippen LogP contribution in [0.3, 0.4) is 0 Å². The van der Waals surface area contributed by atoms with Crippen LogP contribution in [0.25, 0.3) is 11.0 Å². The summed E-state index contributed by atoms with van der Waals surface area (Å²) < 4.78 is 11.8. The summed E-state index contributed by atoms with van der Waals surface area (Å²) >= 11 is 0. The van der Waals surface area contributed by atoms with E-state index in [1.165, 1.54) is 18.4 Å². The summed E-state index contributed by atoms with van der Waals surface area (Å²) in [5.74, 6) is 1.85. The lowest BCUT2D eigenvalue weighted by atomic mass is 9.96. The van der Waals surface area contributed by atoms with Crippen molar-refractivity contribution in [3.8, 4) is 5.75 Å². The maximum absolute atomic E-state index is 12.5. The van der Waals surface area contributed by atoms with Crippen molar-refractivity contribution in [1.82, 2.24) is 9.80 Å². The van der Waals surface area contributed by atoms with Crippen LogP contribution in [-0.2, 0) is 17.6 Å². The van der Waals surface area contributed by atoms with E-state index in [1.54, 1.807) is 0 Å². The first-order valence-corrected chi connectivity index (χ1v) is 10.5. The van der Waals surface area contributed by atoms with Crippen LogP contribution in [0.2, 0.25) is 0 Å². The summed E-state index contributed by atoms with van der Waals surface area (Å²) in [4.78, 5) is 16.6. The molecule has 152 valence electrons. The standard InChI is InChI=1S/C22H30N2O4/c1-2-16(25)14-23-9-11-24(12-10-23)22(26)15-27-17-7-8-21-19(13-17)18-5-3-4-6-20(18)28-21/h7-8,13,16,25H,2-6,9-12,14-15H2,1H3. The number of piperazine rings is 1. The van der Waals surface area contributed by atoms with Gasteiger partial charge in [0.15, 0.2) is 6.61 Å². The third-order valence-corrected chi connectivity index (χ3v) is 5.95. The number of aryl methyl sites for hydroxylation is 2. The molecule has 1 unspecified atom stereocenters. The molecule has 0 radical (unpaired) electrons. The van der Waals surface area contributed by atoms with Crippen molar-refractivity contribution in [3.63, 3.8) is 0 Å². The van der Waals surface area contributed by atoms with Crippen LogP contribution in [0.1, 0.15) is 37.5 Å². The van der Waals surface area contributed by atoms with Crippen LogP contribution in [0.4, 0.5) is 0 Å². The number of amides is 1. The van der Waals surface area contributed by atoms with Crippen LogP contribution in [0.15, 0.2) is 22.6 Å². The number of rotatable bonds is 6. The average Bonchev–Trinajstić information content (AvgIpc) is 3.10. The number of ether oxygens (including phenoxy) is 1. The Morgan fingerprint density at radius 2 is 2.00 bits per heavy atom. The lowest BCUT2D eigenvalue weighted by Crippen LogP contribution is -2.51. The van der Waals surface area contributed by atoms with Crippen molar-refractivity contribution in [2.24, 2.45) is 0 Å². The summed E-state index contributed by atoms with van der Waals surface area (Å²) in [6, 6.07) is 5.85. The molecule has 1 amide bonds. The first-order valence-electron chi connectivity index (χ1n) is 10.5. The number of carbonyl (C=O) groups excluding carboxylic acids is 1. The Labute approximate surface area is 166 Å². The molecule has 1 aromatic carbocycles. The molecule has 6 nitrogen and oxygen atoms in total. The van der Waals surface area contributed by atoms with Gasteiger partial charge in [0.2, 0.25) is 0 Å². The minimum absolute atomic E-state index is 0.0185. The van der Waals surface area contributed by atoms with E-state index in [9.17, 15) is 9.90 Å². The van der Waals surface area contributed by atoms with Crippen LogP contribution >= 0.6 is 0 Å². The van der Waals surface area contributed by atoms with Gasteiger partial charge in [-0.2, -0.15) is 0 Å². The molecule has 0 spiro atoms. The minimum atomic E-state index is -0.283. The van der Waals surface area contributed by atoms with E-state index >= 15 is 0 Å². The molecule has 0 saturated carbocycles. The summed E-state index contributed by atoms with van der Waals surface area (Å²) in [6.07, 6.45) is 4.94. The summed E-state index contributed by atoms with van der Waals surface area (Å²) in [5, 5.41) is 10.9. The summed E-state index contributed by atoms with van der Waals surface area (Å²) in [5.41, 5.74) is 2.22. The number of carbonyl (C=O) groups is 1. The third-order valence-electron chi connectivity index (χ3n) is 5.95. The predicted octanol–water partition coefficient (Wildman–Crippen LogP) is 2.61. The monoisotopic (exact) mass is 386 g/mol. The average molecular weight is 386 g/mol. The molecule has 1 saturated heterocycles. The normalized spacial score (nSPS) is 18.9. The number of hydrogen-bond acceptors (Lipinski definition) is 5. The molecule has 2 heterocycles. The zero-order valence-electron chi connectivity index (χ0n) is 16.7. The third kappa shape index (κ3) is 4.18. The molecule has 1 aromatic heterocycles. The number of aliphatic hydroxyl groups excluding tert-OH is 1. The highest BCUT2D eigenvalue weighted by Gasteiger charge is 2.23. The van der Waals surface area contributed by atoms with Crippen LogP contribution in [0, 0.1) is 0 Å². The Hall–Kier alpha value is -2.05. The number of hydrogen-bond donors (Lipinski definition) is 1. The van der Waals surface area contributed by atoms with E-state index in [-0.39, 0.29) is 18.6 Å². The highest BCUT2D eigenvalue weighted by Crippen LogP contribution is 2.33. The van der Waals surface area contributed by atoms with Gasteiger partial charge >= 0.3 is 0 Å². The van der Waals surface area contributed by atoms with E-state index in [4.69, 9.17) is 9.15 Å². The summed E-state index contributed by atoms with van der Waals surface area (Å²) in [7, 11) is 0. The van der Waals surface area contributed by atoms with Crippen molar-refractivity contribution in [2.45, 2.75) is 45.1 Å². The van der Waals surface area contributed by atoms with Gasteiger partial charge in [-0.05, 0) is 43.9 Å². The van der Waals surface area contributed by atoms with Crippen molar-refractivity contribution in [1.29, 1.82) is 0 Å². The highest BCUT2D eigenvalue weighted by molar-refractivity contribution is 5.84. The molecule has 2 aromatic rings. The smallest absolute Gasteiger partial charge is 0.260 e. The Morgan fingerprint density at radius 3 is 2.79 bits per heavy atom. The van der Waals surface area contributed by atoms with Gasteiger partial charge in [0.25, 0.3) is 5.91 Å². The molecule has 28 heavy (non-hydrogen) atoms. The Bertz CT molecular complexity index is 823. The zero-order valence-corrected chi connectivity index (χ0v) is 16.7. The van der Waals surface area contributed by atoms with Crippen molar-refractivity contribution >= 4 is 16.9 Å². The second-order valence-corrected chi connectivity index (χ2v) is 7.90. The van der Waals surface area contributed by atoms with Crippen molar-refractivity contribution in [3.05, 3.63) is 29.5 Å². The molecule has 0 bridgehead atoms. The molecular formula is C22H30N2O4. The van der Waals surface area contributed by atoms with E-state index in [0.717, 1.165) is 54.8 Å². The summed E-state index contributed by atoms with van der Waals surface area (Å²) in [6.45, 7) is 5.71. The maximum atomic E-state index is 12.5. The molecule has 1 atom stereocenters. The number of aliphatic hydroxyl groups is 1. The fraction of sp³-hybridized carbons (Fsp3) is 0.591. The molecule has 1 aliphatic carbocycles. The highest BCUT2D eigenvalue weighted by atomic mass is 16.5. The largest absolute Gasteiger partial charge is 0.484 e. The molecule has 1 aliphatic heterocycles. The topological polar surface area (TPSA) is 66.2 Å². The van der Waals surface area contributed by atoms with Gasteiger partial charge in [-0.15, -0.1) is 0 Å². The molecular weight excluding hydrogens is 356 g/mol. The van der Waals surface area contributed by atoms with Crippen molar-refractivity contribution in [2.75, 3.05) is 39.3 Å². The molecule has 2 aliphatic rings. The number of nitrogens with zero attached hydrogens (tertiary/aromatic N) is 2. The van der Waals surface area contributed by atoms with E-state index < -0.39 is 0 Å². The van der Waals surface area contributed by atoms with Crippen LogP contribution in [0.5, 0.6) is 5.75 Å². The molecule has 1 N–H and O–H groups in total. The number of fused-ring (bicyclic) bond motifs is 3. The first kappa shape index (κ1) is 19.3. The van der Waals surface area contributed by atoms with Gasteiger partial charge in [0.1, 0.15) is 17.1 Å². The van der Waals surface area contributed by atoms with Gasteiger partial charge in [0, 0.05) is 50.1 Å². The second kappa shape index (κ2) is 8.53. The maximum Gasteiger partial charge on any atom is 0.260 e. The predicted molar refractivity (Wildman–Crippen MR) is 108 cm³/mol. The lowest BCUT2D eigenvalue weighted by molar-refractivity contribution is -0.135. The number of β-amino-alcohol motifs (C(OH)–C–C–N with tert-alkyl or cyclic N) is 1.